The quantitative estimate of drug-likeness (QED) is 0.647. The van der Waals surface area contributed by atoms with E-state index in [0.717, 1.165) is 12.2 Å². The molecule has 0 saturated heterocycles. The first-order valence-electron chi connectivity index (χ1n) is 6.00. The fraction of sp³-hybridized carbons (Fsp3) is 0.125. The first kappa shape index (κ1) is 11.3. The normalized spacial score (nSPS) is 10.7. The van der Waals surface area contributed by atoms with Crippen LogP contribution in [0.25, 0.3) is 10.6 Å². The molecule has 90 valence electrons. The Labute approximate surface area is 111 Å². The number of furan rings is 1. The molecule has 0 bridgehead atoms. The molecule has 0 aliphatic carbocycles. The average Bonchev–Trinajstić information content (AvgIpc) is 3.02. The number of rotatable bonds is 3. The van der Waals surface area contributed by atoms with Crippen LogP contribution in [0, 0.1) is 6.92 Å². The molecule has 0 atom stereocenters. The summed E-state index contributed by atoms with van der Waals surface area (Å²) in [5.74, 6) is 0.955. The lowest BCUT2D eigenvalue weighted by atomic mass is 10.1. The maximum absolute atomic E-state index is 5.42. The van der Waals surface area contributed by atoms with Gasteiger partial charge in [-0.1, -0.05) is 24.3 Å². The van der Waals surface area contributed by atoms with Crippen LogP contribution < -0.4 is 0 Å². The van der Waals surface area contributed by atoms with E-state index in [1.54, 1.807) is 17.6 Å². The SMILES string of the molecule is Cc1ccccc1Cc1ccc(-c2ccco2)s1. The largest absolute Gasteiger partial charge is 0.464 e. The van der Waals surface area contributed by atoms with Gasteiger partial charge in [0, 0.05) is 11.3 Å². The lowest BCUT2D eigenvalue weighted by molar-refractivity contribution is 0.584. The third-order valence-electron chi connectivity index (χ3n) is 3.05. The Kier molecular flexibility index (Phi) is 3.03. The molecule has 0 saturated carbocycles. The monoisotopic (exact) mass is 254 g/mol. The first-order chi connectivity index (χ1) is 8.83. The summed E-state index contributed by atoms with van der Waals surface area (Å²) in [6, 6.07) is 16.8. The molecule has 18 heavy (non-hydrogen) atoms. The molecule has 0 unspecified atom stereocenters. The highest BCUT2D eigenvalue weighted by Gasteiger charge is 2.06. The molecule has 3 aromatic rings. The van der Waals surface area contributed by atoms with Crippen LogP contribution in [0.1, 0.15) is 16.0 Å². The van der Waals surface area contributed by atoms with Crippen molar-refractivity contribution < 1.29 is 4.42 Å². The van der Waals surface area contributed by atoms with Crippen LogP contribution in [0.4, 0.5) is 0 Å². The van der Waals surface area contributed by atoms with Crippen LogP contribution in [0.2, 0.25) is 0 Å². The van der Waals surface area contributed by atoms with Gasteiger partial charge in [0.15, 0.2) is 0 Å². The van der Waals surface area contributed by atoms with E-state index < -0.39 is 0 Å². The first-order valence-corrected chi connectivity index (χ1v) is 6.82. The van der Waals surface area contributed by atoms with Gasteiger partial charge >= 0.3 is 0 Å². The Morgan fingerprint density at radius 1 is 1.00 bits per heavy atom. The number of benzene rings is 1. The highest BCUT2D eigenvalue weighted by atomic mass is 32.1. The van der Waals surface area contributed by atoms with Crippen molar-refractivity contribution in [3.05, 3.63) is 70.8 Å². The third kappa shape index (κ3) is 2.24. The van der Waals surface area contributed by atoms with Crippen molar-refractivity contribution in [2.24, 2.45) is 0 Å². The van der Waals surface area contributed by atoms with E-state index in [2.05, 4.69) is 43.3 Å². The highest BCUT2D eigenvalue weighted by Crippen LogP contribution is 2.30. The lowest BCUT2D eigenvalue weighted by Gasteiger charge is -2.02. The fourth-order valence-electron chi connectivity index (χ4n) is 2.02. The Balaban J connectivity index is 1.85. The molecule has 0 radical (unpaired) electrons. The molecule has 0 spiro atoms. The summed E-state index contributed by atoms with van der Waals surface area (Å²) >= 11 is 1.80. The standard InChI is InChI=1S/C16H14OS/c1-12-5-2-3-6-13(12)11-14-8-9-16(18-14)15-7-4-10-17-15/h2-10H,11H2,1H3. The van der Waals surface area contributed by atoms with Crippen molar-refractivity contribution in [1.29, 1.82) is 0 Å². The minimum absolute atomic E-state index is 0.955. The van der Waals surface area contributed by atoms with Crippen LogP contribution in [0.3, 0.4) is 0 Å². The Hall–Kier alpha value is -1.80. The van der Waals surface area contributed by atoms with Crippen molar-refractivity contribution in [3.63, 3.8) is 0 Å². The molecule has 3 rings (SSSR count). The van der Waals surface area contributed by atoms with Crippen LogP contribution in [0.15, 0.2) is 59.2 Å². The molecule has 0 fully saturated rings. The summed E-state index contributed by atoms with van der Waals surface area (Å²) in [5, 5.41) is 0. The maximum atomic E-state index is 5.42. The zero-order valence-corrected chi connectivity index (χ0v) is 11.0. The van der Waals surface area contributed by atoms with Gasteiger partial charge in [-0.05, 0) is 42.3 Å². The van der Waals surface area contributed by atoms with E-state index in [1.807, 2.05) is 12.1 Å². The fourth-order valence-corrected chi connectivity index (χ4v) is 3.02. The van der Waals surface area contributed by atoms with Crippen LogP contribution in [0.5, 0.6) is 0 Å². The van der Waals surface area contributed by atoms with Gasteiger partial charge in [-0.3, -0.25) is 0 Å². The van der Waals surface area contributed by atoms with Gasteiger partial charge in [0.25, 0.3) is 0 Å². The van der Waals surface area contributed by atoms with Crippen LogP contribution in [-0.2, 0) is 6.42 Å². The van der Waals surface area contributed by atoms with E-state index in [4.69, 9.17) is 4.42 Å². The molecule has 1 nitrogen and oxygen atoms in total. The van der Waals surface area contributed by atoms with Crippen LogP contribution in [-0.4, -0.2) is 0 Å². The summed E-state index contributed by atoms with van der Waals surface area (Å²) in [5.41, 5.74) is 2.75. The predicted molar refractivity (Wildman–Crippen MR) is 76.0 cm³/mol. The Bertz CT molecular complexity index is 635. The zero-order chi connectivity index (χ0) is 12.4. The van der Waals surface area contributed by atoms with Gasteiger partial charge in [0.2, 0.25) is 0 Å². The maximum Gasteiger partial charge on any atom is 0.143 e. The summed E-state index contributed by atoms with van der Waals surface area (Å²) in [7, 11) is 0. The molecule has 0 amide bonds. The molecular weight excluding hydrogens is 240 g/mol. The molecule has 2 heteroatoms. The molecule has 0 aliphatic rings. The van der Waals surface area contributed by atoms with Crippen molar-refractivity contribution >= 4 is 11.3 Å². The van der Waals surface area contributed by atoms with E-state index in [-0.39, 0.29) is 0 Å². The van der Waals surface area contributed by atoms with Crippen molar-refractivity contribution in [2.75, 3.05) is 0 Å². The van der Waals surface area contributed by atoms with Gasteiger partial charge in [-0.2, -0.15) is 0 Å². The second kappa shape index (κ2) is 4.83. The molecular formula is C16H14OS. The van der Waals surface area contributed by atoms with Gasteiger partial charge in [0.1, 0.15) is 5.76 Å². The summed E-state index contributed by atoms with van der Waals surface area (Å²) in [6.07, 6.45) is 2.72. The lowest BCUT2D eigenvalue weighted by Crippen LogP contribution is -1.87. The van der Waals surface area contributed by atoms with E-state index >= 15 is 0 Å². The number of hydrogen-bond donors (Lipinski definition) is 0. The van der Waals surface area contributed by atoms with Crippen molar-refractivity contribution in [2.45, 2.75) is 13.3 Å². The topological polar surface area (TPSA) is 13.1 Å². The molecule has 1 aromatic carbocycles. The molecule has 0 aliphatic heterocycles. The molecule has 2 aromatic heterocycles. The van der Waals surface area contributed by atoms with Crippen molar-refractivity contribution in [3.8, 4) is 10.6 Å². The second-order valence-corrected chi connectivity index (χ2v) is 5.51. The summed E-state index contributed by atoms with van der Waals surface area (Å²) in [4.78, 5) is 2.57. The predicted octanol–water partition coefficient (Wildman–Crippen LogP) is 4.91. The third-order valence-corrected chi connectivity index (χ3v) is 4.15. The van der Waals surface area contributed by atoms with E-state index in [0.29, 0.717) is 0 Å². The van der Waals surface area contributed by atoms with E-state index in [1.165, 1.54) is 20.9 Å². The van der Waals surface area contributed by atoms with Crippen molar-refractivity contribution in [1.82, 2.24) is 0 Å². The Morgan fingerprint density at radius 3 is 2.67 bits per heavy atom. The van der Waals surface area contributed by atoms with Gasteiger partial charge in [-0.15, -0.1) is 11.3 Å². The van der Waals surface area contributed by atoms with Gasteiger partial charge in [-0.25, -0.2) is 0 Å². The number of hydrogen-bond acceptors (Lipinski definition) is 2. The molecule has 0 N–H and O–H groups in total. The zero-order valence-electron chi connectivity index (χ0n) is 10.2. The van der Waals surface area contributed by atoms with Gasteiger partial charge in [0.05, 0.1) is 11.1 Å². The smallest absolute Gasteiger partial charge is 0.143 e. The Morgan fingerprint density at radius 2 is 1.89 bits per heavy atom. The summed E-state index contributed by atoms with van der Waals surface area (Å²) in [6.45, 7) is 2.16. The van der Waals surface area contributed by atoms with Crippen LogP contribution >= 0.6 is 11.3 Å². The minimum Gasteiger partial charge on any atom is -0.464 e. The molecule has 2 heterocycles. The second-order valence-electron chi connectivity index (χ2n) is 4.35. The van der Waals surface area contributed by atoms with E-state index in [9.17, 15) is 0 Å². The average molecular weight is 254 g/mol. The number of aryl methyl sites for hydroxylation is 1. The minimum atomic E-state index is 0.955. The number of thiophene rings is 1. The van der Waals surface area contributed by atoms with Gasteiger partial charge < -0.3 is 4.42 Å². The highest BCUT2D eigenvalue weighted by molar-refractivity contribution is 7.15. The summed E-state index contributed by atoms with van der Waals surface area (Å²) < 4.78 is 5.42.